The molecule has 2 aliphatic heterocycles. The maximum atomic E-state index is 14.4. The number of aliphatic hydroxyl groups excluding tert-OH is 1. The standard InChI is InChI=1S/C58H69ClN10O9S2/c1-34-36(3)80-57-49(34)50(40-17-19-42(59)20-18-40)64-44(53-67-66-37(4)69(53)57)29-47(71)60-21-22-76-23-24-77-25-26-78-32-48(72)63-45(27-38-11-9-8-10-12-38)54(73)65-52(58(5,6)7)56(75)68-31-43(70)28-46(68)55(74)61-30-39-13-15-41(16-14-39)51-35(2)62-33-79-51/h8-20,33,43-46,52,70H,21-32H2,1-7H3,(H,60,71)(H,61,74)(H,63,72)(H,65,73)/t43-,44+,45+,46+,52-/m1/s1. The summed E-state index contributed by atoms with van der Waals surface area (Å²) in [6.07, 6.45) is -0.740. The second-order valence-electron chi connectivity index (χ2n) is 20.9. The van der Waals surface area contributed by atoms with Crippen molar-refractivity contribution in [3.05, 3.63) is 139 Å². The molecular weight excluding hydrogens is 1080 g/mol. The number of rotatable bonds is 24. The van der Waals surface area contributed by atoms with E-state index in [0.717, 1.165) is 59.5 Å². The molecule has 0 saturated carbocycles. The lowest BCUT2D eigenvalue weighted by Gasteiger charge is -2.36. The number of amides is 5. The number of aliphatic hydroxyl groups is 1. The molecular formula is C58H69ClN10O9S2. The summed E-state index contributed by atoms with van der Waals surface area (Å²) in [5.41, 5.74) is 8.32. The molecule has 0 unspecified atom stereocenters. The van der Waals surface area contributed by atoms with Crippen molar-refractivity contribution in [3.8, 4) is 15.4 Å². The Kier molecular flexibility index (Phi) is 20.2. The van der Waals surface area contributed by atoms with E-state index in [4.69, 9.17) is 30.8 Å². The Morgan fingerprint density at radius 3 is 2.19 bits per heavy atom. The monoisotopic (exact) mass is 1150 g/mol. The zero-order valence-electron chi connectivity index (χ0n) is 46.0. The van der Waals surface area contributed by atoms with Crippen molar-refractivity contribution in [2.75, 3.05) is 52.7 Å². The molecule has 22 heteroatoms. The van der Waals surface area contributed by atoms with Crippen molar-refractivity contribution in [2.45, 2.75) is 105 Å². The number of hydrogen-bond donors (Lipinski definition) is 5. The van der Waals surface area contributed by atoms with Crippen molar-refractivity contribution in [1.29, 1.82) is 0 Å². The fourth-order valence-corrected chi connectivity index (χ4v) is 11.7. The Balaban J connectivity index is 0.765. The normalized spacial score (nSPS) is 16.7. The number of aliphatic imine (C=N–C) groups is 1. The number of carbonyl (C=O) groups is 5. The third-order valence-corrected chi connectivity index (χ3v) is 16.3. The van der Waals surface area contributed by atoms with Gasteiger partial charge < -0.3 is 45.5 Å². The molecule has 0 spiro atoms. The lowest BCUT2D eigenvalue weighted by molar-refractivity contribution is -0.144. The molecule has 8 rings (SSSR count). The van der Waals surface area contributed by atoms with Crippen LogP contribution in [0.25, 0.3) is 15.4 Å². The molecule has 2 aliphatic rings. The molecule has 5 atom stereocenters. The Bertz CT molecular complexity index is 3160. The molecule has 5 N–H and O–H groups in total. The van der Waals surface area contributed by atoms with Crippen LogP contribution in [0, 0.1) is 33.1 Å². The lowest BCUT2D eigenvalue weighted by Crippen LogP contribution is -2.60. The highest BCUT2D eigenvalue weighted by molar-refractivity contribution is 7.15. The minimum Gasteiger partial charge on any atom is -0.391 e. The van der Waals surface area contributed by atoms with Crippen LogP contribution in [0.15, 0.2) is 89.4 Å². The van der Waals surface area contributed by atoms with E-state index in [2.05, 4.69) is 50.3 Å². The molecule has 80 heavy (non-hydrogen) atoms. The van der Waals surface area contributed by atoms with Crippen molar-refractivity contribution in [3.63, 3.8) is 0 Å². The SMILES string of the molecule is Cc1ncsc1-c1ccc(CNC(=O)[C@@H]2C[C@@H](O)CN2C(=O)[C@@H](NC(=O)[C@H](Cc2ccccc2)NC(=O)COCCOCCOCCNC(=O)C[C@@H]2N=C(c3ccc(Cl)cc3)c3c(sc(C)c3C)-n3c(C)nnc32)C(C)(C)C)cc1. The average molecular weight is 1150 g/mol. The first-order chi connectivity index (χ1) is 38.4. The number of aromatic nitrogens is 4. The second kappa shape index (κ2) is 27.2. The van der Waals surface area contributed by atoms with Crippen LogP contribution in [-0.2, 0) is 51.1 Å². The van der Waals surface area contributed by atoms with Gasteiger partial charge in [-0.05, 0) is 67.5 Å². The average Bonchev–Trinajstić information content (AvgIpc) is 4.21. The second-order valence-corrected chi connectivity index (χ2v) is 23.4. The molecule has 1 saturated heterocycles. The van der Waals surface area contributed by atoms with E-state index in [9.17, 15) is 29.1 Å². The van der Waals surface area contributed by atoms with Crippen LogP contribution in [0.3, 0.4) is 0 Å². The number of carbonyl (C=O) groups excluding carboxylic acids is 5. The van der Waals surface area contributed by atoms with Crippen molar-refractivity contribution in [1.82, 2.24) is 45.9 Å². The zero-order valence-corrected chi connectivity index (χ0v) is 48.4. The molecule has 5 amide bonds. The van der Waals surface area contributed by atoms with E-state index < -0.39 is 59.3 Å². The largest absolute Gasteiger partial charge is 0.391 e. The molecule has 19 nitrogen and oxygen atoms in total. The molecule has 3 aromatic heterocycles. The molecule has 424 valence electrons. The van der Waals surface area contributed by atoms with E-state index in [1.807, 2.05) is 97.3 Å². The quantitative estimate of drug-likeness (QED) is 0.0419. The van der Waals surface area contributed by atoms with E-state index in [-0.39, 0.29) is 84.4 Å². The molecule has 3 aromatic carbocycles. The van der Waals surface area contributed by atoms with Crippen LogP contribution in [0.4, 0.5) is 0 Å². The summed E-state index contributed by atoms with van der Waals surface area (Å²) < 4.78 is 19.0. The topological polar surface area (TPSA) is 241 Å². The number of halogens is 1. The van der Waals surface area contributed by atoms with Gasteiger partial charge in [-0.1, -0.05) is 99.1 Å². The van der Waals surface area contributed by atoms with E-state index >= 15 is 0 Å². The van der Waals surface area contributed by atoms with Crippen molar-refractivity contribution in [2.24, 2.45) is 10.4 Å². The number of thiazole rings is 1. The van der Waals surface area contributed by atoms with Crippen LogP contribution in [0.2, 0.25) is 5.02 Å². The molecule has 0 radical (unpaired) electrons. The van der Waals surface area contributed by atoms with Crippen LogP contribution in [-0.4, -0.2) is 142 Å². The van der Waals surface area contributed by atoms with Crippen LogP contribution in [0.1, 0.15) is 89.7 Å². The number of thiophene rings is 1. The van der Waals surface area contributed by atoms with E-state index in [0.29, 0.717) is 16.7 Å². The number of aryl methyl sites for hydroxylation is 3. The van der Waals surface area contributed by atoms with Gasteiger partial charge >= 0.3 is 0 Å². The number of ether oxygens (including phenoxy) is 3. The van der Waals surface area contributed by atoms with Gasteiger partial charge in [0.1, 0.15) is 41.6 Å². The van der Waals surface area contributed by atoms with E-state index in [1.54, 1.807) is 49.0 Å². The van der Waals surface area contributed by atoms with Gasteiger partial charge in [-0.3, -0.25) is 33.5 Å². The first-order valence-electron chi connectivity index (χ1n) is 26.6. The van der Waals surface area contributed by atoms with Crippen molar-refractivity contribution >= 4 is 69.5 Å². The summed E-state index contributed by atoms with van der Waals surface area (Å²) in [5, 5.41) is 32.7. The maximum absolute atomic E-state index is 14.4. The minimum atomic E-state index is -1.12. The fourth-order valence-electron chi connectivity index (χ4n) is 9.57. The number of nitrogens with one attached hydrogen (secondary N) is 4. The van der Waals surface area contributed by atoms with Crippen LogP contribution in [0.5, 0.6) is 0 Å². The summed E-state index contributed by atoms with van der Waals surface area (Å²) in [6, 6.07) is 20.7. The Morgan fingerprint density at radius 2 is 1.50 bits per heavy atom. The van der Waals surface area contributed by atoms with Gasteiger partial charge in [0.15, 0.2) is 5.82 Å². The Morgan fingerprint density at radius 1 is 0.812 bits per heavy atom. The summed E-state index contributed by atoms with van der Waals surface area (Å²) in [4.78, 5) is 82.0. The summed E-state index contributed by atoms with van der Waals surface area (Å²) in [7, 11) is 0. The van der Waals surface area contributed by atoms with Gasteiger partial charge in [0, 0.05) is 53.5 Å². The van der Waals surface area contributed by atoms with Gasteiger partial charge in [-0.2, -0.15) is 0 Å². The predicted molar refractivity (Wildman–Crippen MR) is 307 cm³/mol. The van der Waals surface area contributed by atoms with Gasteiger partial charge in [-0.15, -0.1) is 32.9 Å². The Labute approximate surface area is 478 Å². The van der Waals surface area contributed by atoms with Gasteiger partial charge in [0.2, 0.25) is 29.5 Å². The predicted octanol–water partition coefficient (Wildman–Crippen LogP) is 6.32. The maximum Gasteiger partial charge on any atom is 0.246 e. The highest BCUT2D eigenvalue weighted by Crippen LogP contribution is 2.40. The number of fused-ring (bicyclic) bond motifs is 3. The zero-order chi connectivity index (χ0) is 57.1. The first kappa shape index (κ1) is 59.4. The van der Waals surface area contributed by atoms with Crippen LogP contribution >= 0.6 is 34.3 Å². The minimum absolute atomic E-state index is 0.0374. The summed E-state index contributed by atoms with van der Waals surface area (Å²) >= 11 is 9.45. The smallest absolute Gasteiger partial charge is 0.246 e. The first-order valence-corrected chi connectivity index (χ1v) is 28.7. The number of benzene rings is 3. The van der Waals surface area contributed by atoms with Gasteiger partial charge in [-0.25, -0.2) is 4.98 Å². The third-order valence-electron chi connectivity index (χ3n) is 13.9. The summed E-state index contributed by atoms with van der Waals surface area (Å²) in [5.74, 6) is -1.02. The Hall–Kier alpha value is -6.72. The van der Waals surface area contributed by atoms with Crippen molar-refractivity contribution < 1.29 is 43.3 Å². The fraction of sp³-hybridized carbons (Fsp3) is 0.431. The molecule has 0 aliphatic carbocycles. The van der Waals surface area contributed by atoms with Gasteiger partial charge in [0.25, 0.3) is 0 Å². The molecule has 1 fully saturated rings. The van der Waals surface area contributed by atoms with Gasteiger partial charge in [0.05, 0.1) is 67.4 Å². The number of likely N-dealkylation sites (tertiary alicyclic amines) is 1. The number of β-amino-alcohol motifs (C(OH)–C–C–N with tert-alkyl or cyclic N) is 1. The number of nitrogens with zero attached hydrogens (tertiary/aromatic N) is 6. The summed E-state index contributed by atoms with van der Waals surface area (Å²) in [6.45, 7) is 14.4. The number of hydrogen-bond acceptors (Lipinski definition) is 15. The third kappa shape index (κ3) is 15.0. The highest BCUT2D eigenvalue weighted by atomic mass is 35.5. The highest BCUT2D eigenvalue weighted by Gasteiger charge is 2.45. The molecule has 5 heterocycles. The molecule has 0 bridgehead atoms. The van der Waals surface area contributed by atoms with Crippen LogP contribution < -0.4 is 21.3 Å². The van der Waals surface area contributed by atoms with E-state index in [1.165, 1.54) is 4.90 Å². The molecule has 6 aromatic rings. The lowest BCUT2D eigenvalue weighted by atomic mass is 9.85.